The van der Waals surface area contributed by atoms with E-state index in [9.17, 15) is 0 Å². The van der Waals surface area contributed by atoms with Crippen LogP contribution in [0.5, 0.6) is 0 Å². The number of hydrogen-bond acceptors (Lipinski definition) is 2. The van der Waals surface area contributed by atoms with Crippen molar-refractivity contribution in [1.29, 1.82) is 5.26 Å². The molecule has 1 aromatic rings. The Morgan fingerprint density at radius 1 is 1.53 bits per heavy atom. The maximum absolute atomic E-state index is 8.72. The number of hydrogen-bond donors (Lipinski definition) is 2. The average molecular weight is 254 g/mol. The highest BCUT2D eigenvalue weighted by molar-refractivity contribution is 5.81. The number of fused-ring (bicyclic) bond motifs is 1. The normalized spacial score (nSPS) is 18.1. The van der Waals surface area contributed by atoms with Crippen molar-refractivity contribution in [2.75, 3.05) is 6.54 Å². The summed E-state index contributed by atoms with van der Waals surface area (Å²) in [7, 11) is 0. The minimum Gasteiger partial charge on any atom is -0.352 e. The van der Waals surface area contributed by atoms with Crippen LogP contribution in [0.1, 0.15) is 30.0 Å². The number of nitriles is 1. The van der Waals surface area contributed by atoms with E-state index in [1.165, 1.54) is 11.1 Å². The van der Waals surface area contributed by atoms with Crippen molar-refractivity contribution < 1.29 is 0 Å². The summed E-state index contributed by atoms with van der Waals surface area (Å²) in [5.74, 6) is 0.518. The third-order valence-corrected chi connectivity index (χ3v) is 3.26. The second kappa shape index (κ2) is 6.60. The van der Waals surface area contributed by atoms with Gasteiger partial charge in [-0.25, -0.2) is 0 Å². The van der Waals surface area contributed by atoms with Crippen LogP contribution in [0.3, 0.4) is 0 Å². The van der Waals surface area contributed by atoms with E-state index in [-0.39, 0.29) is 6.04 Å². The van der Waals surface area contributed by atoms with Crippen LogP contribution in [0.25, 0.3) is 0 Å². The summed E-state index contributed by atoms with van der Waals surface area (Å²) in [5, 5.41) is 15.1. The van der Waals surface area contributed by atoms with Crippen molar-refractivity contribution in [1.82, 2.24) is 10.6 Å². The molecule has 0 radical (unpaired) electrons. The van der Waals surface area contributed by atoms with Gasteiger partial charge in [-0.2, -0.15) is 5.26 Å². The second-order valence-corrected chi connectivity index (χ2v) is 4.52. The molecular formula is C15H18N4. The van der Waals surface area contributed by atoms with E-state index in [1.54, 1.807) is 6.08 Å². The second-order valence-electron chi connectivity index (χ2n) is 4.52. The Hall–Kier alpha value is -2.28. The molecule has 0 bridgehead atoms. The quantitative estimate of drug-likeness (QED) is 0.376. The fraction of sp³-hybridized carbons (Fsp3) is 0.333. The van der Waals surface area contributed by atoms with Gasteiger partial charge in [-0.1, -0.05) is 30.3 Å². The number of aliphatic imine (C=N–C) groups is 1. The molecule has 0 aromatic heterocycles. The van der Waals surface area contributed by atoms with E-state index in [0.29, 0.717) is 12.5 Å². The summed E-state index contributed by atoms with van der Waals surface area (Å²) >= 11 is 0. The molecule has 0 aliphatic heterocycles. The lowest BCUT2D eigenvalue weighted by atomic mass is 9.88. The molecule has 0 amide bonds. The van der Waals surface area contributed by atoms with Crippen molar-refractivity contribution in [3.05, 3.63) is 48.0 Å². The number of nitrogens with zero attached hydrogens (tertiary/aromatic N) is 2. The lowest BCUT2D eigenvalue weighted by Gasteiger charge is -2.27. The van der Waals surface area contributed by atoms with Gasteiger partial charge in [0.1, 0.15) is 0 Å². The van der Waals surface area contributed by atoms with Gasteiger partial charge in [-0.15, -0.1) is 11.6 Å². The first kappa shape index (κ1) is 13.2. The summed E-state index contributed by atoms with van der Waals surface area (Å²) < 4.78 is 0. The van der Waals surface area contributed by atoms with Gasteiger partial charge in [0.05, 0.1) is 6.04 Å². The zero-order valence-electron chi connectivity index (χ0n) is 10.9. The van der Waals surface area contributed by atoms with E-state index in [2.05, 4.69) is 46.5 Å². The number of benzene rings is 1. The Morgan fingerprint density at radius 2 is 2.37 bits per heavy atom. The van der Waals surface area contributed by atoms with Crippen LogP contribution in [-0.2, 0) is 6.42 Å². The molecule has 2 N–H and O–H groups in total. The molecule has 0 spiro atoms. The van der Waals surface area contributed by atoms with Crippen molar-refractivity contribution in [2.45, 2.75) is 25.3 Å². The molecule has 1 aliphatic carbocycles. The smallest absolute Gasteiger partial charge is 0.209 e. The van der Waals surface area contributed by atoms with E-state index >= 15 is 0 Å². The zero-order valence-corrected chi connectivity index (χ0v) is 10.9. The highest BCUT2D eigenvalue weighted by Crippen LogP contribution is 2.29. The predicted molar refractivity (Wildman–Crippen MR) is 76.5 cm³/mol. The highest BCUT2D eigenvalue weighted by atomic mass is 15.2. The van der Waals surface area contributed by atoms with Crippen LogP contribution in [0.4, 0.5) is 0 Å². The minimum absolute atomic E-state index is 0.217. The number of nitrogens with one attached hydrogen (secondary N) is 2. The molecule has 2 rings (SSSR count). The molecule has 4 heteroatoms. The Labute approximate surface area is 113 Å². The molecule has 4 nitrogen and oxygen atoms in total. The minimum atomic E-state index is 0.217. The van der Waals surface area contributed by atoms with Gasteiger partial charge in [-0.05, 0) is 30.4 Å². The van der Waals surface area contributed by atoms with Gasteiger partial charge < -0.3 is 10.6 Å². The van der Waals surface area contributed by atoms with Gasteiger partial charge in [-0.3, -0.25) is 0 Å². The third kappa shape index (κ3) is 3.35. The first-order valence-electron chi connectivity index (χ1n) is 6.51. The maximum atomic E-state index is 8.72. The Kier molecular flexibility index (Phi) is 4.57. The zero-order chi connectivity index (χ0) is 13.5. The van der Waals surface area contributed by atoms with Crippen LogP contribution in [0, 0.1) is 11.5 Å². The predicted octanol–water partition coefficient (Wildman–Crippen LogP) is 2.27. The fourth-order valence-corrected chi connectivity index (χ4v) is 2.41. The fourth-order valence-electron chi connectivity index (χ4n) is 2.41. The van der Waals surface area contributed by atoms with Crippen molar-refractivity contribution in [2.24, 2.45) is 4.99 Å². The molecule has 19 heavy (non-hydrogen) atoms. The molecule has 0 saturated carbocycles. The van der Waals surface area contributed by atoms with Crippen LogP contribution >= 0.6 is 0 Å². The standard InChI is InChI=1S/C15H18N4/c1-2-10-17-15(18-11-16)19-14-9-5-7-12-6-3-4-8-13(12)14/h2-4,6,8,14H,1,5,7,9-10H2,(H2,17,18,19). The van der Waals surface area contributed by atoms with Crippen molar-refractivity contribution >= 4 is 5.96 Å². The summed E-state index contributed by atoms with van der Waals surface area (Å²) in [4.78, 5) is 3.78. The lowest BCUT2D eigenvalue weighted by Crippen LogP contribution is -2.40. The molecule has 0 heterocycles. The molecule has 0 fully saturated rings. The van der Waals surface area contributed by atoms with E-state index in [1.807, 2.05) is 6.19 Å². The highest BCUT2D eigenvalue weighted by Gasteiger charge is 2.20. The van der Waals surface area contributed by atoms with Gasteiger partial charge in [0, 0.05) is 6.54 Å². The maximum Gasteiger partial charge on any atom is 0.209 e. The topological polar surface area (TPSA) is 60.2 Å². The lowest BCUT2D eigenvalue weighted by molar-refractivity contribution is 0.521. The SMILES string of the molecule is C=CCN/C(=N/C#N)NC1CCCc2ccccc21. The van der Waals surface area contributed by atoms with E-state index in [0.717, 1.165) is 19.3 Å². The van der Waals surface area contributed by atoms with Gasteiger partial charge in [0.15, 0.2) is 0 Å². The largest absolute Gasteiger partial charge is 0.352 e. The molecule has 1 aromatic carbocycles. The molecule has 1 aliphatic rings. The average Bonchev–Trinajstić information content (AvgIpc) is 2.45. The molecule has 1 atom stereocenters. The van der Waals surface area contributed by atoms with Crippen LogP contribution in [0.2, 0.25) is 0 Å². The Morgan fingerprint density at radius 3 is 3.16 bits per heavy atom. The van der Waals surface area contributed by atoms with Crippen molar-refractivity contribution in [3.8, 4) is 6.19 Å². The monoisotopic (exact) mass is 254 g/mol. The van der Waals surface area contributed by atoms with Crippen LogP contribution in [-0.4, -0.2) is 12.5 Å². The van der Waals surface area contributed by atoms with Crippen molar-refractivity contribution in [3.63, 3.8) is 0 Å². The van der Waals surface area contributed by atoms with Gasteiger partial charge in [0.25, 0.3) is 0 Å². The van der Waals surface area contributed by atoms with Gasteiger partial charge >= 0.3 is 0 Å². The Balaban J connectivity index is 2.13. The number of aryl methyl sites for hydroxylation is 1. The molecule has 0 saturated heterocycles. The Bertz CT molecular complexity index is 513. The first-order chi connectivity index (χ1) is 9.35. The van der Waals surface area contributed by atoms with Crippen LogP contribution in [0.15, 0.2) is 41.9 Å². The first-order valence-corrected chi connectivity index (χ1v) is 6.51. The van der Waals surface area contributed by atoms with E-state index in [4.69, 9.17) is 5.26 Å². The summed E-state index contributed by atoms with van der Waals surface area (Å²) in [6, 6.07) is 8.65. The number of rotatable bonds is 3. The van der Waals surface area contributed by atoms with Crippen LogP contribution < -0.4 is 10.6 Å². The molecular weight excluding hydrogens is 236 g/mol. The van der Waals surface area contributed by atoms with E-state index < -0.39 is 0 Å². The summed E-state index contributed by atoms with van der Waals surface area (Å²) in [6.07, 6.45) is 6.88. The van der Waals surface area contributed by atoms with Gasteiger partial charge in [0.2, 0.25) is 12.2 Å². The third-order valence-electron chi connectivity index (χ3n) is 3.26. The molecule has 98 valence electrons. The summed E-state index contributed by atoms with van der Waals surface area (Å²) in [5.41, 5.74) is 2.69. The summed E-state index contributed by atoms with van der Waals surface area (Å²) in [6.45, 7) is 4.23. The molecule has 1 unspecified atom stereocenters. The number of guanidine groups is 1.